The summed E-state index contributed by atoms with van der Waals surface area (Å²) in [6.45, 7) is 1.56. The summed E-state index contributed by atoms with van der Waals surface area (Å²) in [6.07, 6.45) is 0. The van der Waals surface area contributed by atoms with Gasteiger partial charge in [-0.25, -0.2) is 0 Å². The fourth-order valence-electron chi connectivity index (χ4n) is 1.15. The van der Waals surface area contributed by atoms with E-state index in [9.17, 15) is 19.8 Å². The molecule has 0 spiro atoms. The van der Waals surface area contributed by atoms with E-state index >= 15 is 0 Å². The van der Waals surface area contributed by atoms with Crippen molar-refractivity contribution in [1.29, 1.82) is 0 Å². The Morgan fingerprint density at radius 2 is 1.29 bits per heavy atom. The van der Waals surface area contributed by atoms with Gasteiger partial charge in [0.25, 0.3) is 0 Å². The maximum atomic E-state index is 10.0. The van der Waals surface area contributed by atoms with Crippen LogP contribution in [0.3, 0.4) is 0 Å². The second-order valence-electron chi connectivity index (χ2n) is 3.05. The standard InChI is InChI=1S/2C4H7NO2S.Mg/c2*6-4(7)3-5-1-2-8-3;/h2*3,5H,1-2H2,(H,6,7);/q;;+2/p-2. The third-order valence-electron chi connectivity index (χ3n) is 1.86. The van der Waals surface area contributed by atoms with E-state index < -0.39 is 22.7 Å². The zero-order chi connectivity index (χ0) is 12.0. The fraction of sp³-hybridized carbons (Fsp3) is 0.750. The number of carboxylic acids is 2. The van der Waals surface area contributed by atoms with Crippen LogP contribution < -0.4 is 20.8 Å². The van der Waals surface area contributed by atoms with E-state index in [1.807, 2.05) is 0 Å². The molecule has 2 heterocycles. The smallest absolute Gasteiger partial charge is 0.547 e. The molecule has 92 valence electrons. The van der Waals surface area contributed by atoms with E-state index in [1.165, 1.54) is 23.5 Å². The molecule has 0 bridgehead atoms. The molecule has 2 fully saturated rings. The number of carbonyl (C=O) groups is 2. The van der Waals surface area contributed by atoms with Gasteiger partial charge in [0.1, 0.15) is 0 Å². The maximum absolute atomic E-state index is 10.0. The number of carbonyl (C=O) groups excluding carboxylic acids is 2. The van der Waals surface area contributed by atoms with Gasteiger partial charge in [0.05, 0.1) is 22.7 Å². The molecule has 0 aromatic heterocycles. The van der Waals surface area contributed by atoms with E-state index in [1.54, 1.807) is 0 Å². The zero-order valence-electron chi connectivity index (χ0n) is 9.14. The largest absolute Gasteiger partial charge is 2.00 e. The molecule has 2 aliphatic rings. The second kappa shape index (κ2) is 9.28. The number of rotatable bonds is 2. The molecule has 2 atom stereocenters. The molecule has 17 heavy (non-hydrogen) atoms. The van der Waals surface area contributed by atoms with Crippen LogP contribution in [-0.4, -0.2) is 70.3 Å². The molecule has 0 radical (unpaired) electrons. The van der Waals surface area contributed by atoms with Crippen molar-refractivity contribution in [1.82, 2.24) is 10.6 Å². The molecule has 2 N–H and O–H groups in total. The van der Waals surface area contributed by atoms with Crippen LogP contribution in [0.5, 0.6) is 0 Å². The molecule has 0 saturated carbocycles. The summed E-state index contributed by atoms with van der Waals surface area (Å²) in [6, 6.07) is 0. The number of hydrogen-bond donors (Lipinski definition) is 2. The van der Waals surface area contributed by atoms with Crippen molar-refractivity contribution in [3.05, 3.63) is 0 Å². The van der Waals surface area contributed by atoms with Gasteiger partial charge < -0.3 is 19.8 Å². The monoisotopic (exact) mass is 288 g/mol. The Hall–Kier alpha value is 0.326. The molecular weight excluding hydrogens is 277 g/mol. The fourth-order valence-corrected chi connectivity index (χ4v) is 2.84. The Morgan fingerprint density at radius 3 is 1.41 bits per heavy atom. The van der Waals surface area contributed by atoms with Crippen LogP contribution in [0.4, 0.5) is 0 Å². The van der Waals surface area contributed by atoms with Gasteiger partial charge >= 0.3 is 23.1 Å². The van der Waals surface area contributed by atoms with E-state index in [0.29, 0.717) is 0 Å². The third-order valence-corrected chi connectivity index (χ3v) is 4.13. The Kier molecular flexibility index (Phi) is 9.46. The van der Waals surface area contributed by atoms with Crippen molar-refractivity contribution in [3.8, 4) is 0 Å². The van der Waals surface area contributed by atoms with Gasteiger partial charge in [0.15, 0.2) is 0 Å². The Morgan fingerprint density at radius 1 is 0.941 bits per heavy atom. The third kappa shape index (κ3) is 6.72. The molecule has 0 aromatic rings. The minimum atomic E-state index is -1.01. The number of nitrogens with one attached hydrogen (secondary N) is 2. The number of hydrogen-bond acceptors (Lipinski definition) is 8. The Labute approximate surface area is 124 Å². The molecule has 0 aliphatic carbocycles. The summed E-state index contributed by atoms with van der Waals surface area (Å²) >= 11 is 2.75. The maximum Gasteiger partial charge on any atom is 2.00 e. The van der Waals surface area contributed by atoms with E-state index in [2.05, 4.69) is 10.6 Å². The first-order chi connectivity index (χ1) is 7.61. The normalized spacial score (nSPS) is 26.6. The minimum absolute atomic E-state index is 0. The van der Waals surface area contributed by atoms with Crippen molar-refractivity contribution in [2.24, 2.45) is 0 Å². The first-order valence-electron chi connectivity index (χ1n) is 4.73. The van der Waals surface area contributed by atoms with Crippen molar-refractivity contribution >= 4 is 58.5 Å². The Balaban J connectivity index is 0.000000284. The minimum Gasteiger partial charge on any atom is -0.547 e. The van der Waals surface area contributed by atoms with Gasteiger partial charge in [-0.2, -0.15) is 0 Å². The van der Waals surface area contributed by atoms with Gasteiger partial charge in [-0.15, -0.1) is 23.5 Å². The van der Waals surface area contributed by atoms with Gasteiger partial charge in [0, 0.05) is 24.6 Å². The van der Waals surface area contributed by atoms with Crippen LogP contribution in [0.1, 0.15) is 0 Å². The van der Waals surface area contributed by atoms with Gasteiger partial charge in [-0.1, -0.05) is 0 Å². The first-order valence-corrected chi connectivity index (χ1v) is 6.82. The van der Waals surface area contributed by atoms with Crippen molar-refractivity contribution in [2.45, 2.75) is 10.7 Å². The van der Waals surface area contributed by atoms with Crippen molar-refractivity contribution in [2.75, 3.05) is 24.6 Å². The van der Waals surface area contributed by atoms with Crippen LogP contribution in [0.25, 0.3) is 0 Å². The average Bonchev–Trinajstić information content (AvgIpc) is 2.93. The van der Waals surface area contributed by atoms with Crippen molar-refractivity contribution in [3.63, 3.8) is 0 Å². The zero-order valence-corrected chi connectivity index (χ0v) is 12.2. The molecular formula is C8H12MgN2O4S2. The van der Waals surface area contributed by atoms with Gasteiger partial charge in [-0.3, -0.25) is 10.6 Å². The topological polar surface area (TPSA) is 104 Å². The summed E-state index contributed by atoms with van der Waals surface area (Å²) in [7, 11) is 0. The first kappa shape index (κ1) is 17.3. The molecule has 2 rings (SSSR count). The predicted molar refractivity (Wildman–Crippen MR) is 64.3 cm³/mol. The molecule has 2 aliphatic heterocycles. The Bertz CT molecular complexity index is 232. The van der Waals surface area contributed by atoms with E-state index in [0.717, 1.165) is 24.6 Å². The summed E-state index contributed by atoms with van der Waals surface area (Å²) in [5.74, 6) is -0.267. The van der Waals surface area contributed by atoms with Crippen LogP contribution in [-0.2, 0) is 9.59 Å². The molecule has 9 heteroatoms. The summed E-state index contributed by atoms with van der Waals surface area (Å²) < 4.78 is 0. The molecule has 2 unspecified atom stereocenters. The van der Waals surface area contributed by atoms with E-state index in [4.69, 9.17) is 0 Å². The molecule has 0 amide bonds. The number of aliphatic carboxylic acids is 2. The molecule has 6 nitrogen and oxygen atoms in total. The van der Waals surface area contributed by atoms with Crippen LogP contribution in [0.15, 0.2) is 0 Å². The number of carboxylic acid groups (broad SMARTS) is 2. The van der Waals surface area contributed by atoms with Gasteiger partial charge in [-0.05, 0) is 0 Å². The second-order valence-corrected chi connectivity index (χ2v) is 5.47. The molecule has 0 aromatic carbocycles. The summed E-state index contributed by atoms with van der Waals surface area (Å²) in [5.41, 5.74) is 0. The van der Waals surface area contributed by atoms with Crippen LogP contribution >= 0.6 is 23.5 Å². The number of thioether (sulfide) groups is 2. The van der Waals surface area contributed by atoms with E-state index in [-0.39, 0.29) is 23.1 Å². The van der Waals surface area contributed by atoms with Crippen LogP contribution in [0, 0.1) is 0 Å². The SMILES string of the molecule is O=C([O-])C1NCCS1.O=C([O-])C1NCCS1.[Mg+2]. The van der Waals surface area contributed by atoms with Gasteiger partial charge in [0.2, 0.25) is 0 Å². The predicted octanol–water partition coefficient (Wildman–Crippen LogP) is -3.58. The van der Waals surface area contributed by atoms with Crippen LogP contribution in [0.2, 0.25) is 0 Å². The quantitative estimate of drug-likeness (QED) is 0.503. The average molecular weight is 289 g/mol. The summed E-state index contributed by atoms with van der Waals surface area (Å²) in [4.78, 5) is 20.0. The summed E-state index contributed by atoms with van der Waals surface area (Å²) in [5, 5.41) is 24.6. The molecule has 2 saturated heterocycles. The van der Waals surface area contributed by atoms with Crippen molar-refractivity contribution < 1.29 is 19.8 Å².